The van der Waals surface area contributed by atoms with Crippen LogP contribution >= 0.6 is 34.5 Å². The lowest BCUT2D eigenvalue weighted by Crippen LogP contribution is -2.31. The van der Waals surface area contributed by atoms with E-state index in [1.807, 2.05) is 12.3 Å². The molecule has 0 fully saturated rings. The average Bonchev–Trinajstić information content (AvgIpc) is 2.57. The van der Waals surface area contributed by atoms with Crippen molar-refractivity contribution in [1.29, 1.82) is 0 Å². The number of thiophene rings is 1. The summed E-state index contributed by atoms with van der Waals surface area (Å²) in [6.07, 6.45) is 0. The normalized spacial score (nSPS) is 12.5. The van der Waals surface area contributed by atoms with Crippen molar-refractivity contribution in [1.82, 2.24) is 5.32 Å². The zero-order valence-electron chi connectivity index (χ0n) is 9.05. The van der Waals surface area contributed by atoms with E-state index in [1.165, 1.54) is 11.3 Å². The van der Waals surface area contributed by atoms with Crippen molar-refractivity contribution >= 4 is 40.4 Å². The maximum atomic E-state index is 11.7. The van der Waals surface area contributed by atoms with Crippen LogP contribution in [0.25, 0.3) is 0 Å². The fraction of sp³-hybridized carbons (Fsp3) is 0.500. The van der Waals surface area contributed by atoms with Gasteiger partial charge in [0.25, 0.3) is 5.91 Å². The van der Waals surface area contributed by atoms with Crippen LogP contribution in [0.5, 0.6) is 0 Å². The summed E-state index contributed by atoms with van der Waals surface area (Å²) in [5, 5.41) is 4.85. The van der Waals surface area contributed by atoms with Gasteiger partial charge in [0, 0.05) is 13.7 Å². The van der Waals surface area contributed by atoms with Crippen molar-refractivity contribution in [3.63, 3.8) is 0 Å². The number of alkyl halides is 1. The number of methoxy groups -OCH3 is 1. The third kappa shape index (κ3) is 3.63. The highest BCUT2D eigenvalue weighted by molar-refractivity contribution is 7.13. The first-order valence-electron chi connectivity index (χ1n) is 4.71. The SMILES string of the molecule is COCC(Cl)CNC(=O)c1scc(C)c1Cl. The highest BCUT2D eigenvalue weighted by Gasteiger charge is 2.15. The maximum Gasteiger partial charge on any atom is 0.262 e. The van der Waals surface area contributed by atoms with Crippen molar-refractivity contribution in [2.45, 2.75) is 12.3 Å². The average molecular weight is 282 g/mol. The Hall–Kier alpha value is -0.290. The number of nitrogens with one attached hydrogen (secondary N) is 1. The fourth-order valence-electron chi connectivity index (χ4n) is 1.11. The summed E-state index contributed by atoms with van der Waals surface area (Å²) in [4.78, 5) is 12.2. The predicted molar refractivity (Wildman–Crippen MR) is 67.9 cm³/mol. The molecule has 1 rings (SSSR count). The lowest BCUT2D eigenvalue weighted by atomic mass is 10.3. The van der Waals surface area contributed by atoms with Crippen LogP contribution in [0.2, 0.25) is 5.02 Å². The standard InChI is InChI=1S/C10H13Cl2NO2S/c1-6-5-16-9(8(6)12)10(14)13-3-7(11)4-15-2/h5,7H,3-4H2,1-2H3,(H,13,14). The van der Waals surface area contributed by atoms with Crippen molar-refractivity contribution in [2.24, 2.45) is 0 Å². The van der Waals surface area contributed by atoms with E-state index in [-0.39, 0.29) is 11.3 Å². The number of aryl methyl sites for hydroxylation is 1. The largest absolute Gasteiger partial charge is 0.383 e. The molecule has 1 atom stereocenters. The molecule has 0 spiro atoms. The van der Waals surface area contributed by atoms with Gasteiger partial charge in [0.1, 0.15) is 4.88 Å². The highest BCUT2D eigenvalue weighted by atomic mass is 35.5. The Morgan fingerprint density at radius 2 is 2.38 bits per heavy atom. The van der Waals surface area contributed by atoms with Crippen molar-refractivity contribution in [3.05, 3.63) is 20.8 Å². The smallest absolute Gasteiger partial charge is 0.262 e. The third-order valence-electron chi connectivity index (χ3n) is 1.94. The Morgan fingerprint density at radius 1 is 1.69 bits per heavy atom. The molecular weight excluding hydrogens is 269 g/mol. The monoisotopic (exact) mass is 281 g/mol. The van der Waals surface area contributed by atoms with E-state index >= 15 is 0 Å². The number of rotatable bonds is 5. The molecule has 6 heteroatoms. The second-order valence-electron chi connectivity index (χ2n) is 3.32. The zero-order chi connectivity index (χ0) is 12.1. The number of hydrogen-bond donors (Lipinski definition) is 1. The lowest BCUT2D eigenvalue weighted by molar-refractivity contribution is 0.0953. The first-order chi connectivity index (χ1) is 7.56. The van der Waals surface area contributed by atoms with Crippen LogP contribution < -0.4 is 5.32 Å². The molecule has 1 unspecified atom stereocenters. The molecule has 0 saturated carbocycles. The van der Waals surface area contributed by atoms with E-state index in [2.05, 4.69) is 5.32 Å². The lowest BCUT2D eigenvalue weighted by Gasteiger charge is -2.09. The molecule has 1 aromatic rings. The molecule has 3 nitrogen and oxygen atoms in total. The molecule has 0 aromatic carbocycles. The van der Waals surface area contributed by atoms with Gasteiger partial charge in [0.05, 0.1) is 17.0 Å². The summed E-state index contributed by atoms with van der Waals surface area (Å²) in [6, 6.07) is 0. The van der Waals surface area contributed by atoms with Crippen LogP contribution in [-0.2, 0) is 4.74 Å². The minimum atomic E-state index is -0.228. The minimum Gasteiger partial charge on any atom is -0.383 e. The van der Waals surface area contributed by atoms with Gasteiger partial charge in [0.2, 0.25) is 0 Å². The molecule has 0 aliphatic rings. The van der Waals surface area contributed by atoms with Gasteiger partial charge in [-0.15, -0.1) is 22.9 Å². The molecule has 1 heterocycles. The van der Waals surface area contributed by atoms with Crippen molar-refractivity contribution in [3.8, 4) is 0 Å². The van der Waals surface area contributed by atoms with Gasteiger partial charge in [-0.3, -0.25) is 4.79 Å². The molecule has 0 radical (unpaired) electrons. The maximum absolute atomic E-state index is 11.7. The fourth-order valence-corrected chi connectivity index (χ4v) is 2.50. The number of carbonyl (C=O) groups is 1. The Kier molecular flexibility index (Phi) is 5.55. The Bertz CT molecular complexity index is 368. The number of amides is 1. The Morgan fingerprint density at radius 3 is 2.88 bits per heavy atom. The zero-order valence-corrected chi connectivity index (χ0v) is 11.4. The van der Waals surface area contributed by atoms with Gasteiger partial charge in [-0.1, -0.05) is 11.6 Å². The first-order valence-corrected chi connectivity index (χ1v) is 6.40. The summed E-state index contributed by atoms with van der Waals surface area (Å²) < 4.78 is 4.86. The van der Waals surface area contributed by atoms with Crippen LogP contribution in [0, 0.1) is 6.92 Å². The molecular formula is C10H13Cl2NO2S. The van der Waals surface area contributed by atoms with E-state index in [0.717, 1.165) is 5.56 Å². The van der Waals surface area contributed by atoms with Crippen LogP contribution in [0.1, 0.15) is 15.2 Å². The topological polar surface area (TPSA) is 38.3 Å². The van der Waals surface area contributed by atoms with Crippen molar-refractivity contribution in [2.75, 3.05) is 20.3 Å². The Labute approximate surface area is 109 Å². The van der Waals surface area contributed by atoms with E-state index < -0.39 is 0 Å². The van der Waals surface area contributed by atoms with E-state index in [0.29, 0.717) is 23.1 Å². The molecule has 0 aliphatic carbocycles. The molecule has 1 amide bonds. The number of carbonyl (C=O) groups excluding carboxylic acids is 1. The van der Waals surface area contributed by atoms with Crippen LogP contribution in [0.15, 0.2) is 5.38 Å². The summed E-state index contributed by atoms with van der Waals surface area (Å²) >= 11 is 13.2. The van der Waals surface area contributed by atoms with E-state index in [1.54, 1.807) is 7.11 Å². The molecule has 1 aromatic heterocycles. The first kappa shape index (κ1) is 13.8. The summed E-state index contributed by atoms with van der Waals surface area (Å²) in [5.41, 5.74) is 0.913. The van der Waals surface area contributed by atoms with Gasteiger partial charge in [-0.05, 0) is 17.9 Å². The molecule has 16 heavy (non-hydrogen) atoms. The van der Waals surface area contributed by atoms with E-state index in [4.69, 9.17) is 27.9 Å². The van der Waals surface area contributed by atoms with Gasteiger partial charge < -0.3 is 10.1 Å². The molecule has 1 N–H and O–H groups in total. The predicted octanol–water partition coefficient (Wildman–Crippen LogP) is 2.69. The number of halogens is 2. The summed E-state index contributed by atoms with van der Waals surface area (Å²) in [6.45, 7) is 2.63. The van der Waals surface area contributed by atoms with Crippen LogP contribution in [0.4, 0.5) is 0 Å². The number of ether oxygens (including phenoxy) is 1. The molecule has 0 saturated heterocycles. The van der Waals surface area contributed by atoms with E-state index in [9.17, 15) is 4.79 Å². The summed E-state index contributed by atoms with van der Waals surface area (Å²) in [7, 11) is 1.57. The van der Waals surface area contributed by atoms with Gasteiger partial charge >= 0.3 is 0 Å². The van der Waals surface area contributed by atoms with Crippen LogP contribution in [-0.4, -0.2) is 31.5 Å². The van der Waals surface area contributed by atoms with Gasteiger partial charge in [-0.25, -0.2) is 0 Å². The molecule has 0 bridgehead atoms. The quantitative estimate of drug-likeness (QED) is 0.843. The second kappa shape index (κ2) is 6.45. The third-order valence-corrected chi connectivity index (χ3v) is 3.91. The number of hydrogen-bond acceptors (Lipinski definition) is 3. The highest BCUT2D eigenvalue weighted by Crippen LogP contribution is 2.26. The summed E-state index contributed by atoms with van der Waals surface area (Å²) in [5.74, 6) is -0.190. The molecule has 90 valence electrons. The molecule has 0 aliphatic heterocycles. The van der Waals surface area contributed by atoms with Gasteiger partial charge in [0.15, 0.2) is 0 Å². The van der Waals surface area contributed by atoms with Gasteiger partial charge in [-0.2, -0.15) is 0 Å². The van der Waals surface area contributed by atoms with Crippen molar-refractivity contribution < 1.29 is 9.53 Å². The Balaban J connectivity index is 2.50. The minimum absolute atomic E-state index is 0.190. The van der Waals surface area contributed by atoms with Crippen LogP contribution in [0.3, 0.4) is 0 Å². The second-order valence-corrected chi connectivity index (χ2v) is 5.20.